The number of nitrogen functional groups attached to an aromatic ring is 1. The second-order valence-corrected chi connectivity index (χ2v) is 4.38. The lowest BCUT2D eigenvalue weighted by Gasteiger charge is -2.03. The SMILES string of the molecule is Cc1cc(NC(=O)c2ccc(N)c(Br)c2)on1. The summed E-state index contributed by atoms with van der Waals surface area (Å²) in [6, 6.07) is 6.58. The number of carbonyl (C=O) groups excluding carboxylic acids is 1. The standard InChI is InChI=1S/C11H10BrN3O2/c1-6-4-10(17-15-6)14-11(16)7-2-3-9(13)8(12)5-7/h2-5H,13H2,1H3,(H,14,16). The Hall–Kier alpha value is -1.82. The van der Waals surface area contributed by atoms with Crippen LogP contribution >= 0.6 is 15.9 Å². The molecule has 6 heteroatoms. The lowest BCUT2D eigenvalue weighted by molar-refractivity contribution is 0.102. The smallest absolute Gasteiger partial charge is 0.258 e. The average Bonchev–Trinajstić information content (AvgIpc) is 2.68. The maximum atomic E-state index is 11.8. The summed E-state index contributed by atoms with van der Waals surface area (Å²) in [5, 5.41) is 6.27. The van der Waals surface area contributed by atoms with E-state index < -0.39 is 0 Å². The molecule has 1 aromatic carbocycles. The van der Waals surface area contributed by atoms with Gasteiger partial charge in [0.1, 0.15) is 0 Å². The minimum absolute atomic E-state index is 0.276. The summed E-state index contributed by atoms with van der Waals surface area (Å²) in [5.41, 5.74) is 7.41. The minimum Gasteiger partial charge on any atom is -0.398 e. The van der Waals surface area contributed by atoms with Gasteiger partial charge < -0.3 is 10.3 Å². The summed E-state index contributed by atoms with van der Waals surface area (Å²) in [6.45, 7) is 1.78. The topological polar surface area (TPSA) is 81.2 Å². The van der Waals surface area contributed by atoms with Gasteiger partial charge in [-0.1, -0.05) is 5.16 Å². The predicted molar refractivity (Wildman–Crippen MR) is 67.7 cm³/mol. The van der Waals surface area contributed by atoms with Crippen LogP contribution in [0, 0.1) is 6.92 Å². The predicted octanol–water partition coefficient (Wildman–Crippen LogP) is 2.58. The molecular formula is C11H10BrN3O2. The van der Waals surface area contributed by atoms with Gasteiger partial charge in [-0.05, 0) is 41.1 Å². The normalized spacial score (nSPS) is 10.2. The van der Waals surface area contributed by atoms with Crippen LogP contribution in [0.2, 0.25) is 0 Å². The van der Waals surface area contributed by atoms with Crippen molar-refractivity contribution in [2.75, 3.05) is 11.1 Å². The monoisotopic (exact) mass is 295 g/mol. The number of hydrogen-bond acceptors (Lipinski definition) is 4. The fourth-order valence-electron chi connectivity index (χ4n) is 1.27. The highest BCUT2D eigenvalue weighted by molar-refractivity contribution is 9.10. The Kier molecular flexibility index (Phi) is 3.14. The molecular weight excluding hydrogens is 286 g/mol. The first-order valence-electron chi connectivity index (χ1n) is 4.86. The lowest BCUT2D eigenvalue weighted by Crippen LogP contribution is -2.11. The molecule has 88 valence electrons. The molecule has 2 aromatic rings. The van der Waals surface area contributed by atoms with E-state index in [1.807, 2.05) is 0 Å². The van der Waals surface area contributed by atoms with E-state index in [9.17, 15) is 4.79 Å². The Labute approximate surface area is 106 Å². The third-order valence-electron chi connectivity index (χ3n) is 2.13. The third-order valence-corrected chi connectivity index (χ3v) is 2.81. The minimum atomic E-state index is -0.276. The first-order valence-corrected chi connectivity index (χ1v) is 5.65. The molecule has 0 saturated carbocycles. The molecule has 0 aliphatic carbocycles. The van der Waals surface area contributed by atoms with Crippen molar-refractivity contribution >= 4 is 33.4 Å². The van der Waals surface area contributed by atoms with Gasteiger partial charge in [-0.25, -0.2) is 0 Å². The number of hydrogen-bond donors (Lipinski definition) is 2. The molecule has 0 unspecified atom stereocenters. The molecule has 5 nitrogen and oxygen atoms in total. The molecule has 17 heavy (non-hydrogen) atoms. The first-order chi connectivity index (χ1) is 8.06. The van der Waals surface area contributed by atoms with Crippen molar-refractivity contribution in [2.45, 2.75) is 6.92 Å². The summed E-state index contributed by atoms with van der Waals surface area (Å²) in [5.74, 6) is 0.0438. The Bertz CT molecular complexity index is 566. The number of nitrogens with zero attached hydrogens (tertiary/aromatic N) is 1. The van der Waals surface area contributed by atoms with Gasteiger partial charge in [-0.3, -0.25) is 10.1 Å². The molecule has 1 heterocycles. The van der Waals surface area contributed by atoms with Crippen molar-refractivity contribution in [3.63, 3.8) is 0 Å². The number of nitrogens with two attached hydrogens (primary N) is 1. The van der Waals surface area contributed by atoms with Crippen LogP contribution in [0.15, 0.2) is 33.3 Å². The van der Waals surface area contributed by atoms with Crippen LogP contribution in [0.4, 0.5) is 11.6 Å². The number of halogens is 1. The Morgan fingerprint density at radius 1 is 1.47 bits per heavy atom. The zero-order valence-corrected chi connectivity index (χ0v) is 10.6. The Morgan fingerprint density at radius 2 is 2.24 bits per heavy atom. The van der Waals surface area contributed by atoms with E-state index in [0.717, 1.165) is 0 Å². The number of anilines is 2. The van der Waals surface area contributed by atoms with E-state index >= 15 is 0 Å². The molecule has 0 atom stereocenters. The first kappa shape index (κ1) is 11.7. The number of aryl methyl sites for hydroxylation is 1. The van der Waals surface area contributed by atoms with Crippen LogP contribution < -0.4 is 11.1 Å². The molecule has 0 saturated heterocycles. The average molecular weight is 296 g/mol. The molecule has 0 bridgehead atoms. The maximum Gasteiger partial charge on any atom is 0.258 e. The van der Waals surface area contributed by atoms with Gasteiger partial charge in [-0.2, -0.15) is 0 Å². The van der Waals surface area contributed by atoms with E-state index in [1.54, 1.807) is 31.2 Å². The zero-order valence-electron chi connectivity index (χ0n) is 9.03. The number of amides is 1. The van der Waals surface area contributed by atoms with Crippen LogP contribution in [0.5, 0.6) is 0 Å². The molecule has 1 aromatic heterocycles. The fourth-order valence-corrected chi connectivity index (χ4v) is 1.65. The summed E-state index contributed by atoms with van der Waals surface area (Å²) >= 11 is 3.26. The number of benzene rings is 1. The van der Waals surface area contributed by atoms with Gasteiger partial charge in [0.05, 0.1) is 5.69 Å². The van der Waals surface area contributed by atoms with Crippen LogP contribution in [-0.4, -0.2) is 11.1 Å². The second-order valence-electron chi connectivity index (χ2n) is 3.52. The number of nitrogens with one attached hydrogen (secondary N) is 1. The van der Waals surface area contributed by atoms with E-state index in [1.165, 1.54) is 0 Å². The second kappa shape index (κ2) is 4.58. The Balaban J connectivity index is 2.17. The van der Waals surface area contributed by atoms with E-state index in [-0.39, 0.29) is 5.91 Å². The van der Waals surface area contributed by atoms with E-state index in [0.29, 0.717) is 27.3 Å². The summed E-state index contributed by atoms with van der Waals surface area (Å²) in [4.78, 5) is 11.8. The van der Waals surface area contributed by atoms with Gasteiger partial charge in [0.2, 0.25) is 5.88 Å². The molecule has 0 radical (unpaired) electrons. The highest BCUT2D eigenvalue weighted by Crippen LogP contribution is 2.21. The van der Waals surface area contributed by atoms with Crippen molar-refractivity contribution in [1.82, 2.24) is 5.16 Å². The highest BCUT2D eigenvalue weighted by atomic mass is 79.9. The van der Waals surface area contributed by atoms with Gasteiger partial charge in [-0.15, -0.1) is 0 Å². The van der Waals surface area contributed by atoms with Gasteiger partial charge in [0.25, 0.3) is 5.91 Å². The third kappa shape index (κ3) is 2.65. The molecule has 0 aliphatic rings. The van der Waals surface area contributed by atoms with Crippen LogP contribution in [0.3, 0.4) is 0 Å². The fraction of sp³-hybridized carbons (Fsp3) is 0.0909. The van der Waals surface area contributed by atoms with Crippen molar-refractivity contribution in [2.24, 2.45) is 0 Å². The molecule has 0 aliphatic heterocycles. The number of aromatic nitrogens is 1. The van der Waals surface area contributed by atoms with Gasteiger partial charge in [0, 0.05) is 21.8 Å². The molecule has 1 amide bonds. The van der Waals surface area contributed by atoms with Crippen molar-refractivity contribution in [1.29, 1.82) is 0 Å². The van der Waals surface area contributed by atoms with Crippen molar-refractivity contribution in [3.8, 4) is 0 Å². The van der Waals surface area contributed by atoms with Crippen molar-refractivity contribution in [3.05, 3.63) is 40.0 Å². The van der Waals surface area contributed by atoms with Crippen LogP contribution in [0.25, 0.3) is 0 Å². The zero-order chi connectivity index (χ0) is 12.4. The highest BCUT2D eigenvalue weighted by Gasteiger charge is 2.10. The van der Waals surface area contributed by atoms with Crippen LogP contribution in [-0.2, 0) is 0 Å². The van der Waals surface area contributed by atoms with Crippen LogP contribution in [0.1, 0.15) is 16.1 Å². The van der Waals surface area contributed by atoms with E-state index in [4.69, 9.17) is 10.3 Å². The van der Waals surface area contributed by atoms with E-state index in [2.05, 4.69) is 26.4 Å². The lowest BCUT2D eigenvalue weighted by atomic mass is 10.2. The van der Waals surface area contributed by atoms with Crippen molar-refractivity contribution < 1.29 is 9.32 Å². The quantitative estimate of drug-likeness (QED) is 0.835. The molecule has 0 spiro atoms. The molecule has 2 rings (SSSR count). The largest absolute Gasteiger partial charge is 0.398 e. The summed E-state index contributed by atoms with van der Waals surface area (Å²) < 4.78 is 5.57. The molecule has 0 fully saturated rings. The number of rotatable bonds is 2. The Morgan fingerprint density at radius 3 is 2.82 bits per heavy atom. The number of carbonyl (C=O) groups is 1. The van der Waals surface area contributed by atoms with Gasteiger partial charge in [0.15, 0.2) is 0 Å². The maximum absolute atomic E-state index is 11.8. The summed E-state index contributed by atoms with van der Waals surface area (Å²) in [7, 11) is 0. The molecule has 3 N–H and O–H groups in total. The van der Waals surface area contributed by atoms with Gasteiger partial charge >= 0.3 is 0 Å². The summed E-state index contributed by atoms with van der Waals surface area (Å²) in [6.07, 6.45) is 0.